The molecule has 102 valence electrons. The summed E-state index contributed by atoms with van der Waals surface area (Å²) in [5, 5.41) is 8.95. The average Bonchev–Trinajstić information content (AvgIpc) is 2.34. The van der Waals surface area contributed by atoms with Gasteiger partial charge in [-0.1, -0.05) is 0 Å². The second-order valence-electron chi connectivity index (χ2n) is 4.77. The summed E-state index contributed by atoms with van der Waals surface area (Å²) < 4.78 is 10.6. The van der Waals surface area contributed by atoms with E-state index >= 15 is 0 Å². The van der Waals surface area contributed by atoms with Gasteiger partial charge in [-0.15, -0.1) is 0 Å². The van der Waals surface area contributed by atoms with Crippen molar-refractivity contribution in [3.8, 4) is 11.5 Å². The van der Waals surface area contributed by atoms with E-state index < -0.39 is 5.54 Å². The van der Waals surface area contributed by atoms with Crippen LogP contribution in [-0.2, 0) is 5.54 Å². The van der Waals surface area contributed by atoms with Crippen molar-refractivity contribution in [2.75, 3.05) is 20.8 Å². The van der Waals surface area contributed by atoms with Crippen LogP contribution in [0.2, 0.25) is 0 Å². The van der Waals surface area contributed by atoms with E-state index in [9.17, 15) is 0 Å². The number of aliphatic hydroxyl groups excluding tert-OH is 1. The molecule has 0 bridgehead atoms. The molecule has 0 heterocycles. The number of ether oxygens (including phenoxy) is 2. The van der Waals surface area contributed by atoms with Gasteiger partial charge < -0.3 is 20.3 Å². The quantitative estimate of drug-likeness (QED) is 0.813. The van der Waals surface area contributed by atoms with E-state index in [2.05, 4.69) is 0 Å². The Morgan fingerprint density at radius 2 is 1.94 bits per heavy atom. The number of aryl methyl sites for hydroxylation is 1. The van der Waals surface area contributed by atoms with Crippen LogP contribution in [0.5, 0.6) is 11.5 Å². The van der Waals surface area contributed by atoms with Gasteiger partial charge in [0.1, 0.15) is 11.5 Å². The molecule has 0 aromatic heterocycles. The van der Waals surface area contributed by atoms with Gasteiger partial charge in [0.2, 0.25) is 0 Å². The summed E-state index contributed by atoms with van der Waals surface area (Å²) >= 11 is 0. The van der Waals surface area contributed by atoms with Crippen LogP contribution in [-0.4, -0.2) is 25.9 Å². The molecular weight excluding hydrogens is 230 g/mol. The molecule has 0 saturated heterocycles. The predicted octanol–water partition coefficient (Wildman–Crippen LogP) is 1.96. The van der Waals surface area contributed by atoms with E-state index in [1.807, 2.05) is 26.0 Å². The second-order valence-corrected chi connectivity index (χ2v) is 4.77. The first-order valence-corrected chi connectivity index (χ1v) is 6.09. The van der Waals surface area contributed by atoms with Crippen molar-refractivity contribution < 1.29 is 14.6 Å². The molecule has 1 aromatic carbocycles. The Kier molecular flexibility index (Phi) is 4.99. The first-order valence-electron chi connectivity index (χ1n) is 6.09. The minimum absolute atomic E-state index is 0.143. The zero-order valence-electron chi connectivity index (χ0n) is 11.6. The van der Waals surface area contributed by atoms with E-state index in [-0.39, 0.29) is 6.61 Å². The lowest BCUT2D eigenvalue weighted by Gasteiger charge is -2.29. The third kappa shape index (κ3) is 3.15. The molecule has 4 nitrogen and oxygen atoms in total. The lowest BCUT2D eigenvalue weighted by atomic mass is 9.85. The van der Waals surface area contributed by atoms with Crippen molar-refractivity contribution in [3.05, 3.63) is 23.3 Å². The monoisotopic (exact) mass is 253 g/mol. The summed E-state index contributed by atoms with van der Waals surface area (Å²) in [6, 6.07) is 3.79. The second kappa shape index (κ2) is 6.07. The number of hydrogen-bond donors (Lipinski definition) is 2. The van der Waals surface area contributed by atoms with E-state index in [4.69, 9.17) is 20.3 Å². The summed E-state index contributed by atoms with van der Waals surface area (Å²) in [6.45, 7) is 4.09. The van der Waals surface area contributed by atoms with Crippen molar-refractivity contribution in [2.45, 2.75) is 32.2 Å². The van der Waals surface area contributed by atoms with Crippen LogP contribution in [0.1, 0.15) is 30.9 Å². The molecule has 0 spiro atoms. The minimum atomic E-state index is -0.523. The van der Waals surface area contributed by atoms with Gasteiger partial charge in [0, 0.05) is 23.8 Å². The normalized spacial score (nSPS) is 14.1. The summed E-state index contributed by atoms with van der Waals surface area (Å²) in [5.74, 6) is 1.49. The molecule has 0 aliphatic heterocycles. The lowest BCUT2D eigenvalue weighted by molar-refractivity contribution is 0.263. The molecule has 1 atom stereocenters. The van der Waals surface area contributed by atoms with Gasteiger partial charge in [-0.05, 0) is 38.3 Å². The van der Waals surface area contributed by atoms with E-state index in [1.54, 1.807) is 14.2 Å². The van der Waals surface area contributed by atoms with Crippen LogP contribution in [0.3, 0.4) is 0 Å². The van der Waals surface area contributed by atoms with Gasteiger partial charge in [0.05, 0.1) is 14.2 Å². The van der Waals surface area contributed by atoms with Crippen molar-refractivity contribution in [1.82, 2.24) is 0 Å². The zero-order valence-corrected chi connectivity index (χ0v) is 11.6. The third-order valence-electron chi connectivity index (χ3n) is 3.15. The average molecular weight is 253 g/mol. The van der Waals surface area contributed by atoms with E-state index in [1.165, 1.54) is 0 Å². The molecule has 0 fully saturated rings. The molecule has 0 aliphatic carbocycles. The molecule has 0 saturated carbocycles. The Labute approximate surface area is 109 Å². The minimum Gasteiger partial charge on any atom is -0.497 e. The molecule has 1 rings (SSSR count). The fourth-order valence-electron chi connectivity index (χ4n) is 2.30. The molecule has 1 aromatic rings. The molecule has 0 aliphatic rings. The molecular formula is C14H23NO3. The largest absolute Gasteiger partial charge is 0.497 e. The Morgan fingerprint density at radius 3 is 2.44 bits per heavy atom. The first kappa shape index (κ1) is 14.8. The van der Waals surface area contributed by atoms with Gasteiger partial charge in [0.25, 0.3) is 0 Å². The lowest BCUT2D eigenvalue weighted by Crippen LogP contribution is -2.34. The predicted molar refractivity (Wildman–Crippen MR) is 72.1 cm³/mol. The van der Waals surface area contributed by atoms with Crippen molar-refractivity contribution >= 4 is 0 Å². The summed E-state index contributed by atoms with van der Waals surface area (Å²) in [7, 11) is 3.25. The maximum Gasteiger partial charge on any atom is 0.127 e. The van der Waals surface area contributed by atoms with Gasteiger partial charge >= 0.3 is 0 Å². The fourth-order valence-corrected chi connectivity index (χ4v) is 2.30. The number of rotatable bonds is 6. The molecule has 0 amide bonds. The number of methoxy groups -OCH3 is 2. The van der Waals surface area contributed by atoms with Crippen molar-refractivity contribution in [3.63, 3.8) is 0 Å². The van der Waals surface area contributed by atoms with E-state index in [0.29, 0.717) is 12.8 Å². The van der Waals surface area contributed by atoms with Gasteiger partial charge in [-0.2, -0.15) is 0 Å². The smallest absolute Gasteiger partial charge is 0.127 e. The molecule has 0 radical (unpaired) electrons. The van der Waals surface area contributed by atoms with Crippen LogP contribution in [0.15, 0.2) is 12.1 Å². The molecule has 1 unspecified atom stereocenters. The van der Waals surface area contributed by atoms with Gasteiger partial charge in [-0.25, -0.2) is 0 Å². The third-order valence-corrected chi connectivity index (χ3v) is 3.15. The van der Waals surface area contributed by atoms with E-state index in [0.717, 1.165) is 22.6 Å². The van der Waals surface area contributed by atoms with Crippen LogP contribution >= 0.6 is 0 Å². The fraction of sp³-hybridized carbons (Fsp3) is 0.571. The Hall–Kier alpha value is -1.26. The molecule has 3 N–H and O–H groups in total. The topological polar surface area (TPSA) is 64.7 Å². The highest BCUT2D eigenvalue weighted by Crippen LogP contribution is 2.37. The maximum atomic E-state index is 8.95. The number of aliphatic hydroxyl groups is 1. The summed E-state index contributed by atoms with van der Waals surface area (Å²) in [4.78, 5) is 0. The maximum absolute atomic E-state index is 8.95. The highest BCUT2D eigenvalue weighted by molar-refractivity contribution is 5.49. The summed E-state index contributed by atoms with van der Waals surface area (Å²) in [5.41, 5.74) is 7.85. The first-order chi connectivity index (χ1) is 8.46. The highest BCUT2D eigenvalue weighted by Gasteiger charge is 2.27. The number of nitrogens with two attached hydrogens (primary N) is 1. The Bertz CT molecular complexity index is 402. The summed E-state index contributed by atoms with van der Waals surface area (Å²) in [6.07, 6.45) is 1.37. The van der Waals surface area contributed by atoms with Crippen LogP contribution in [0.25, 0.3) is 0 Å². The number of hydrogen-bond acceptors (Lipinski definition) is 4. The van der Waals surface area contributed by atoms with Crippen LogP contribution in [0.4, 0.5) is 0 Å². The van der Waals surface area contributed by atoms with Gasteiger partial charge in [-0.3, -0.25) is 0 Å². The molecule has 4 heteroatoms. The van der Waals surface area contributed by atoms with Crippen molar-refractivity contribution in [2.24, 2.45) is 5.73 Å². The zero-order chi connectivity index (χ0) is 13.8. The highest BCUT2D eigenvalue weighted by atomic mass is 16.5. The molecule has 18 heavy (non-hydrogen) atoms. The van der Waals surface area contributed by atoms with Gasteiger partial charge in [0.15, 0.2) is 0 Å². The Morgan fingerprint density at radius 1 is 1.28 bits per heavy atom. The van der Waals surface area contributed by atoms with Crippen molar-refractivity contribution in [1.29, 1.82) is 0 Å². The number of benzene rings is 1. The Balaban J connectivity index is 3.21. The van der Waals surface area contributed by atoms with Crippen LogP contribution < -0.4 is 15.2 Å². The standard InChI is InChI=1S/C14H23NO3/c1-10-8-11(17-3)9-12(18-4)13(10)14(2,15)6-5-7-16/h8-9,16H,5-7,15H2,1-4H3. The SMILES string of the molecule is COc1cc(C)c(C(C)(N)CCCO)c(OC)c1. The van der Waals surface area contributed by atoms with Crippen LogP contribution in [0, 0.1) is 6.92 Å².